The smallest absolute Gasteiger partial charge is 0.324 e. The van der Waals surface area contributed by atoms with E-state index in [-0.39, 0.29) is 17.5 Å². The summed E-state index contributed by atoms with van der Waals surface area (Å²) in [5.41, 5.74) is 0.474. The number of amides is 2. The van der Waals surface area contributed by atoms with E-state index < -0.39 is 22.7 Å². The van der Waals surface area contributed by atoms with Crippen molar-refractivity contribution >= 4 is 29.3 Å². The third-order valence-electron chi connectivity index (χ3n) is 5.13. The summed E-state index contributed by atoms with van der Waals surface area (Å²) in [7, 11) is 0. The van der Waals surface area contributed by atoms with Crippen LogP contribution in [0.1, 0.15) is 24.0 Å². The second-order valence-electron chi connectivity index (χ2n) is 6.81. The fraction of sp³-hybridized carbons (Fsp3) is 0.300. The van der Waals surface area contributed by atoms with Gasteiger partial charge in [-0.2, -0.15) is 13.2 Å². The fourth-order valence-electron chi connectivity index (χ4n) is 3.80. The zero-order valence-corrected chi connectivity index (χ0v) is 15.5. The Kier molecular flexibility index (Phi) is 4.61. The van der Waals surface area contributed by atoms with E-state index in [1.807, 2.05) is 30.3 Å². The molecule has 1 N–H and O–H groups in total. The highest BCUT2D eigenvalue weighted by molar-refractivity contribution is 8.00. The first-order valence-corrected chi connectivity index (χ1v) is 9.80. The molecule has 0 saturated carbocycles. The Morgan fingerprint density at radius 3 is 2.43 bits per heavy atom. The lowest BCUT2D eigenvalue weighted by Gasteiger charge is -2.34. The molecule has 0 spiro atoms. The summed E-state index contributed by atoms with van der Waals surface area (Å²) < 4.78 is 38.1. The molecular weight excluding hydrogens is 389 g/mol. The van der Waals surface area contributed by atoms with Gasteiger partial charge in [0.2, 0.25) is 11.8 Å². The molecule has 28 heavy (non-hydrogen) atoms. The Hall–Kier alpha value is -2.48. The van der Waals surface area contributed by atoms with Gasteiger partial charge in [0.25, 0.3) is 0 Å². The largest absolute Gasteiger partial charge is 0.416 e. The third-order valence-corrected chi connectivity index (χ3v) is 6.73. The summed E-state index contributed by atoms with van der Waals surface area (Å²) in [4.78, 5) is 26.5. The molecule has 2 aromatic carbocycles. The number of fused-ring (bicyclic) bond motifs is 1. The van der Waals surface area contributed by atoms with Gasteiger partial charge in [-0.3, -0.25) is 9.59 Å². The molecule has 2 aliphatic heterocycles. The zero-order valence-electron chi connectivity index (χ0n) is 14.7. The van der Waals surface area contributed by atoms with Gasteiger partial charge in [-0.15, -0.1) is 11.8 Å². The summed E-state index contributed by atoms with van der Waals surface area (Å²) >= 11 is 1.57. The van der Waals surface area contributed by atoms with Crippen molar-refractivity contribution in [3.8, 4) is 0 Å². The molecule has 2 saturated heterocycles. The van der Waals surface area contributed by atoms with E-state index in [2.05, 4.69) is 5.32 Å². The van der Waals surface area contributed by atoms with Crippen molar-refractivity contribution in [1.82, 2.24) is 4.90 Å². The van der Waals surface area contributed by atoms with Gasteiger partial charge in [0.05, 0.1) is 5.56 Å². The number of halogens is 3. The van der Waals surface area contributed by atoms with Gasteiger partial charge in [0.1, 0.15) is 10.9 Å². The number of hydrogen-bond acceptors (Lipinski definition) is 3. The average Bonchev–Trinajstić information content (AvgIpc) is 3.22. The number of carbonyl (C=O) groups is 2. The molecule has 2 heterocycles. The van der Waals surface area contributed by atoms with Crippen LogP contribution in [0.15, 0.2) is 54.6 Å². The minimum atomic E-state index is -4.43. The summed E-state index contributed by atoms with van der Waals surface area (Å²) in [5, 5.41) is 2.65. The molecule has 0 aliphatic carbocycles. The number of nitrogens with one attached hydrogen (secondary N) is 1. The lowest BCUT2D eigenvalue weighted by molar-refractivity contribution is -0.137. The normalized spacial score (nSPS) is 24.3. The maximum absolute atomic E-state index is 12.8. The Morgan fingerprint density at radius 1 is 1.11 bits per heavy atom. The molecule has 4 nitrogen and oxygen atoms in total. The lowest BCUT2D eigenvalue weighted by atomic mass is 10.0. The SMILES string of the molecule is O=C(Nc1ccc(C(F)(F)F)cc1)[C@@H]1CS[C@@]2(c3ccccc3)CCC(=O)N12. The molecule has 2 amide bonds. The molecule has 0 aromatic heterocycles. The molecule has 2 fully saturated rings. The van der Waals surface area contributed by atoms with E-state index in [1.165, 1.54) is 12.1 Å². The number of carbonyl (C=O) groups excluding carboxylic acids is 2. The van der Waals surface area contributed by atoms with E-state index in [1.54, 1.807) is 16.7 Å². The second kappa shape index (κ2) is 6.84. The van der Waals surface area contributed by atoms with E-state index in [9.17, 15) is 22.8 Å². The van der Waals surface area contributed by atoms with Gasteiger partial charge in [-0.1, -0.05) is 30.3 Å². The van der Waals surface area contributed by atoms with Crippen molar-refractivity contribution in [3.05, 3.63) is 65.7 Å². The lowest BCUT2D eigenvalue weighted by Crippen LogP contribution is -2.48. The van der Waals surface area contributed by atoms with Gasteiger partial charge >= 0.3 is 6.18 Å². The van der Waals surface area contributed by atoms with E-state index >= 15 is 0 Å². The molecule has 0 bridgehead atoms. The number of nitrogens with zero attached hydrogens (tertiary/aromatic N) is 1. The number of benzene rings is 2. The van der Waals surface area contributed by atoms with Crippen molar-refractivity contribution in [2.24, 2.45) is 0 Å². The van der Waals surface area contributed by atoms with Crippen LogP contribution in [0.4, 0.5) is 18.9 Å². The molecule has 2 aliphatic rings. The summed E-state index contributed by atoms with van der Waals surface area (Å²) in [5.74, 6) is -0.0330. The highest BCUT2D eigenvalue weighted by Crippen LogP contribution is 2.54. The highest BCUT2D eigenvalue weighted by Gasteiger charge is 2.56. The van der Waals surface area contributed by atoms with Gasteiger partial charge < -0.3 is 10.2 Å². The predicted molar refractivity (Wildman–Crippen MR) is 101 cm³/mol. The van der Waals surface area contributed by atoms with Gasteiger partial charge in [0, 0.05) is 17.9 Å². The van der Waals surface area contributed by atoms with Gasteiger partial charge in [-0.05, 0) is 36.2 Å². The number of alkyl halides is 3. The van der Waals surface area contributed by atoms with E-state index in [0.717, 1.165) is 17.7 Å². The second-order valence-corrected chi connectivity index (χ2v) is 8.10. The van der Waals surface area contributed by atoms with Crippen molar-refractivity contribution in [3.63, 3.8) is 0 Å². The third kappa shape index (κ3) is 3.15. The minimum absolute atomic E-state index is 0.0820. The van der Waals surface area contributed by atoms with Crippen LogP contribution in [0.25, 0.3) is 0 Å². The van der Waals surface area contributed by atoms with Crippen molar-refractivity contribution in [2.45, 2.75) is 29.9 Å². The van der Waals surface area contributed by atoms with Crippen LogP contribution in [0.3, 0.4) is 0 Å². The van der Waals surface area contributed by atoms with Crippen LogP contribution < -0.4 is 5.32 Å². The summed E-state index contributed by atoms with van der Waals surface area (Å²) in [6, 6.07) is 13.2. The first-order chi connectivity index (χ1) is 13.3. The van der Waals surface area contributed by atoms with Crippen LogP contribution in [0, 0.1) is 0 Å². The molecular formula is C20H17F3N2O2S. The molecule has 2 atom stereocenters. The first-order valence-electron chi connectivity index (χ1n) is 8.81. The van der Waals surface area contributed by atoms with Crippen molar-refractivity contribution < 1.29 is 22.8 Å². The number of thioether (sulfide) groups is 1. The zero-order chi connectivity index (χ0) is 19.9. The molecule has 2 aromatic rings. The Morgan fingerprint density at radius 2 is 1.79 bits per heavy atom. The van der Waals surface area contributed by atoms with E-state index in [0.29, 0.717) is 18.6 Å². The Labute approximate surface area is 164 Å². The standard InChI is InChI=1S/C20H17F3N2O2S/c21-20(22,23)14-6-8-15(9-7-14)24-18(27)16-12-28-19(11-10-17(26)25(16)19)13-4-2-1-3-5-13/h1-9,16H,10-12H2,(H,24,27)/t16-,19+/m0/s1. The summed E-state index contributed by atoms with van der Waals surface area (Å²) in [6.07, 6.45) is -3.43. The molecule has 4 rings (SSSR count). The van der Waals surface area contributed by atoms with Crippen LogP contribution in [-0.4, -0.2) is 28.5 Å². The predicted octanol–water partition coefficient (Wildman–Crippen LogP) is 4.23. The monoisotopic (exact) mass is 406 g/mol. The van der Waals surface area contributed by atoms with Crippen LogP contribution in [0.5, 0.6) is 0 Å². The maximum atomic E-state index is 12.8. The number of anilines is 1. The quantitative estimate of drug-likeness (QED) is 0.830. The topological polar surface area (TPSA) is 49.4 Å². The molecule has 0 radical (unpaired) electrons. The first kappa shape index (κ1) is 18.9. The van der Waals surface area contributed by atoms with Crippen LogP contribution in [-0.2, 0) is 20.6 Å². The Bertz CT molecular complexity index is 902. The number of hydrogen-bond donors (Lipinski definition) is 1. The summed E-state index contributed by atoms with van der Waals surface area (Å²) in [6.45, 7) is 0. The van der Waals surface area contributed by atoms with Crippen LogP contribution in [0.2, 0.25) is 0 Å². The van der Waals surface area contributed by atoms with Crippen molar-refractivity contribution in [1.29, 1.82) is 0 Å². The van der Waals surface area contributed by atoms with Crippen LogP contribution >= 0.6 is 11.8 Å². The fourth-order valence-corrected chi connectivity index (χ4v) is 5.46. The Balaban J connectivity index is 1.55. The highest BCUT2D eigenvalue weighted by atomic mass is 32.2. The van der Waals surface area contributed by atoms with Gasteiger partial charge in [-0.25, -0.2) is 0 Å². The maximum Gasteiger partial charge on any atom is 0.416 e. The molecule has 8 heteroatoms. The molecule has 146 valence electrons. The molecule has 0 unspecified atom stereocenters. The van der Waals surface area contributed by atoms with Gasteiger partial charge in [0.15, 0.2) is 0 Å². The van der Waals surface area contributed by atoms with E-state index in [4.69, 9.17) is 0 Å². The minimum Gasteiger partial charge on any atom is -0.324 e. The average molecular weight is 406 g/mol. The number of rotatable bonds is 3. The van der Waals surface area contributed by atoms with Crippen molar-refractivity contribution in [2.75, 3.05) is 11.1 Å².